The second kappa shape index (κ2) is 10.0. The van der Waals surface area contributed by atoms with Crippen molar-refractivity contribution in [2.45, 2.75) is 59.3 Å². The fraction of sp³-hybridized carbons (Fsp3) is 1.00. The van der Waals surface area contributed by atoms with Crippen LogP contribution in [-0.4, -0.2) is 13.1 Å². The first-order valence-corrected chi connectivity index (χ1v) is 6.02. The van der Waals surface area contributed by atoms with Gasteiger partial charge in [-0.15, -0.1) is 0 Å². The molecule has 0 fully saturated rings. The molecular weight excluding hydrogens is 158 g/mol. The molecular formula is C12H27N. The average Bonchev–Trinajstić information content (AvgIpc) is 2.16. The van der Waals surface area contributed by atoms with E-state index in [4.69, 9.17) is 0 Å². The molecule has 0 heterocycles. The molecule has 0 aliphatic rings. The summed E-state index contributed by atoms with van der Waals surface area (Å²) >= 11 is 0. The first-order valence-electron chi connectivity index (χ1n) is 6.02. The van der Waals surface area contributed by atoms with Gasteiger partial charge in [0.1, 0.15) is 0 Å². The Morgan fingerprint density at radius 1 is 1.00 bits per heavy atom. The van der Waals surface area contributed by atoms with Gasteiger partial charge >= 0.3 is 0 Å². The Hall–Kier alpha value is -0.0400. The third kappa shape index (κ3) is 9.88. The molecule has 1 N–H and O–H groups in total. The first-order chi connectivity index (χ1) is 6.31. The number of hydrogen-bond acceptors (Lipinski definition) is 1. The summed E-state index contributed by atoms with van der Waals surface area (Å²) in [7, 11) is 0. The van der Waals surface area contributed by atoms with Crippen molar-refractivity contribution in [1.82, 2.24) is 5.32 Å². The van der Waals surface area contributed by atoms with Crippen LogP contribution in [0.5, 0.6) is 0 Å². The lowest BCUT2D eigenvalue weighted by molar-refractivity contribution is 0.472. The van der Waals surface area contributed by atoms with E-state index in [1.807, 2.05) is 0 Å². The molecule has 1 atom stereocenters. The first kappa shape index (κ1) is 13.0. The Balaban J connectivity index is 2.91. The summed E-state index contributed by atoms with van der Waals surface area (Å²) in [5.74, 6) is 0.939. The molecule has 0 aliphatic carbocycles. The predicted octanol–water partition coefficient (Wildman–Crippen LogP) is 3.59. The number of rotatable bonds is 9. The molecule has 0 aliphatic heterocycles. The lowest BCUT2D eigenvalue weighted by Gasteiger charge is -2.07. The molecule has 1 unspecified atom stereocenters. The molecule has 0 saturated heterocycles. The zero-order valence-corrected chi connectivity index (χ0v) is 9.73. The van der Waals surface area contributed by atoms with Crippen molar-refractivity contribution in [1.29, 1.82) is 0 Å². The molecule has 0 spiro atoms. The lowest BCUT2D eigenvalue weighted by atomic mass is 10.0. The highest BCUT2D eigenvalue weighted by Crippen LogP contribution is 2.12. The summed E-state index contributed by atoms with van der Waals surface area (Å²) in [5.41, 5.74) is 0. The van der Waals surface area contributed by atoms with Gasteiger partial charge in [-0.05, 0) is 25.4 Å². The van der Waals surface area contributed by atoms with Crippen LogP contribution in [0.1, 0.15) is 59.3 Å². The third-order valence-electron chi connectivity index (χ3n) is 2.75. The monoisotopic (exact) mass is 185 g/mol. The molecule has 80 valence electrons. The molecule has 0 bridgehead atoms. The van der Waals surface area contributed by atoms with Gasteiger partial charge in [-0.1, -0.05) is 52.9 Å². The zero-order valence-electron chi connectivity index (χ0n) is 9.73. The van der Waals surface area contributed by atoms with E-state index in [-0.39, 0.29) is 0 Å². The molecule has 0 amide bonds. The smallest absolute Gasteiger partial charge is 0.00490 e. The van der Waals surface area contributed by atoms with Crippen molar-refractivity contribution in [2.24, 2.45) is 5.92 Å². The van der Waals surface area contributed by atoms with Gasteiger partial charge in [0.2, 0.25) is 0 Å². The fourth-order valence-corrected chi connectivity index (χ4v) is 1.48. The average molecular weight is 185 g/mol. The van der Waals surface area contributed by atoms with Crippen molar-refractivity contribution in [3.05, 3.63) is 0 Å². The quantitative estimate of drug-likeness (QED) is 0.541. The van der Waals surface area contributed by atoms with Gasteiger partial charge in [0, 0.05) is 0 Å². The zero-order chi connectivity index (χ0) is 9.94. The van der Waals surface area contributed by atoms with Crippen LogP contribution in [0, 0.1) is 5.92 Å². The standard InChI is InChI=1S/C12H27N/c1-4-12(3)10-8-6-7-9-11-13-5-2/h12-13H,4-11H2,1-3H3. The predicted molar refractivity (Wildman–Crippen MR) is 61.1 cm³/mol. The van der Waals surface area contributed by atoms with E-state index in [1.165, 1.54) is 45.1 Å². The third-order valence-corrected chi connectivity index (χ3v) is 2.75. The summed E-state index contributed by atoms with van der Waals surface area (Å²) in [6.07, 6.45) is 8.39. The van der Waals surface area contributed by atoms with Crippen molar-refractivity contribution in [2.75, 3.05) is 13.1 Å². The van der Waals surface area contributed by atoms with Crippen molar-refractivity contribution >= 4 is 0 Å². The maximum absolute atomic E-state index is 3.36. The van der Waals surface area contributed by atoms with Crippen LogP contribution in [-0.2, 0) is 0 Å². The normalized spacial score (nSPS) is 13.2. The van der Waals surface area contributed by atoms with Crippen LogP contribution in [0.4, 0.5) is 0 Å². The Kier molecular flexibility index (Phi) is 10.0. The number of hydrogen-bond donors (Lipinski definition) is 1. The highest BCUT2D eigenvalue weighted by molar-refractivity contribution is 4.52. The summed E-state index contributed by atoms with van der Waals surface area (Å²) in [6.45, 7) is 9.14. The van der Waals surface area contributed by atoms with Crippen LogP contribution in [0.3, 0.4) is 0 Å². The van der Waals surface area contributed by atoms with E-state index in [0.29, 0.717) is 0 Å². The molecule has 13 heavy (non-hydrogen) atoms. The minimum absolute atomic E-state index is 0.939. The largest absolute Gasteiger partial charge is 0.317 e. The van der Waals surface area contributed by atoms with Crippen molar-refractivity contribution in [3.63, 3.8) is 0 Å². The second-order valence-electron chi connectivity index (χ2n) is 4.07. The van der Waals surface area contributed by atoms with E-state index in [0.717, 1.165) is 12.5 Å². The van der Waals surface area contributed by atoms with Crippen LogP contribution >= 0.6 is 0 Å². The Labute approximate surface area is 84.3 Å². The van der Waals surface area contributed by atoms with Gasteiger partial charge in [0.25, 0.3) is 0 Å². The van der Waals surface area contributed by atoms with Crippen LogP contribution in [0.2, 0.25) is 0 Å². The van der Waals surface area contributed by atoms with E-state index >= 15 is 0 Å². The molecule has 0 aromatic heterocycles. The Morgan fingerprint density at radius 2 is 1.69 bits per heavy atom. The maximum atomic E-state index is 3.36. The molecule has 0 aromatic carbocycles. The van der Waals surface area contributed by atoms with Crippen LogP contribution in [0.15, 0.2) is 0 Å². The van der Waals surface area contributed by atoms with Gasteiger partial charge in [-0.3, -0.25) is 0 Å². The Bertz CT molecular complexity index is 91.1. The van der Waals surface area contributed by atoms with Gasteiger partial charge in [0.05, 0.1) is 0 Å². The van der Waals surface area contributed by atoms with Gasteiger partial charge < -0.3 is 5.32 Å². The highest BCUT2D eigenvalue weighted by Gasteiger charge is 1.97. The van der Waals surface area contributed by atoms with Crippen LogP contribution in [0.25, 0.3) is 0 Å². The molecule has 1 nitrogen and oxygen atoms in total. The number of unbranched alkanes of at least 4 members (excludes halogenated alkanes) is 3. The molecule has 0 saturated carbocycles. The van der Waals surface area contributed by atoms with E-state index in [2.05, 4.69) is 26.1 Å². The van der Waals surface area contributed by atoms with E-state index in [9.17, 15) is 0 Å². The molecule has 1 heteroatoms. The minimum atomic E-state index is 0.939. The van der Waals surface area contributed by atoms with Crippen LogP contribution < -0.4 is 5.32 Å². The molecule has 0 radical (unpaired) electrons. The lowest BCUT2D eigenvalue weighted by Crippen LogP contribution is -2.13. The fourth-order valence-electron chi connectivity index (χ4n) is 1.48. The van der Waals surface area contributed by atoms with Gasteiger partial charge in [-0.2, -0.15) is 0 Å². The molecule has 0 aromatic rings. The second-order valence-corrected chi connectivity index (χ2v) is 4.07. The van der Waals surface area contributed by atoms with E-state index < -0.39 is 0 Å². The Morgan fingerprint density at radius 3 is 2.31 bits per heavy atom. The summed E-state index contributed by atoms with van der Waals surface area (Å²) in [6, 6.07) is 0. The summed E-state index contributed by atoms with van der Waals surface area (Å²) < 4.78 is 0. The van der Waals surface area contributed by atoms with Crippen molar-refractivity contribution in [3.8, 4) is 0 Å². The number of nitrogens with one attached hydrogen (secondary N) is 1. The SMILES string of the molecule is CCNCCCCCCC(C)CC. The minimum Gasteiger partial charge on any atom is -0.317 e. The van der Waals surface area contributed by atoms with Crippen molar-refractivity contribution < 1.29 is 0 Å². The van der Waals surface area contributed by atoms with E-state index in [1.54, 1.807) is 0 Å². The van der Waals surface area contributed by atoms with Gasteiger partial charge in [-0.25, -0.2) is 0 Å². The summed E-state index contributed by atoms with van der Waals surface area (Å²) in [5, 5.41) is 3.36. The highest BCUT2D eigenvalue weighted by atomic mass is 14.8. The maximum Gasteiger partial charge on any atom is -0.00490 e. The van der Waals surface area contributed by atoms with Gasteiger partial charge in [0.15, 0.2) is 0 Å². The summed E-state index contributed by atoms with van der Waals surface area (Å²) in [4.78, 5) is 0. The molecule has 0 rings (SSSR count). The topological polar surface area (TPSA) is 12.0 Å².